The van der Waals surface area contributed by atoms with Crippen molar-refractivity contribution in [3.63, 3.8) is 0 Å². The predicted molar refractivity (Wildman–Crippen MR) is 57.7 cm³/mol. The molecule has 0 bridgehead atoms. The van der Waals surface area contributed by atoms with Gasteiger partial charge in [-0.3, -0.25) is 0 Å². The van der Waals surface area contributed by atoms with Gasteiger partial charge in [-0.25, -0.2) is 0 Å². The predicted octanol–water partition coefficient (Wildman–Crippen LogP) is 3.13. The van der Waals surface area contributed by atoms with Gasteiger partial charge in [0.2, 0.25) is 0 Å². The average molecular weight is 279 g/mol. The molecule has 12 heavy (non-hydrogen) atoms. The first kappa shape index (κ1) is 10.0. The lowest BCUT2D eigenvalue weighted by molar-refractivity contribution is 0.376. The maximum atomic E-state index is 5.09. The Balaban J connectivity index is 2.15. The fourth-order valence-electron chi connectivity index (χ4n) is 1.10. The molecule has 0 aliphatic heterocycles. The van der Waals surface area contributed by atoms with Crippen molar-refractivity contribution in [1.82, 2.24) is 5.16 Å². The van der Waals surface area contributed by atoms with E-state index in [0.29, 0.717) is 0 Å². The highest BCUT2D eigenvalue weighted by molar-refractivity contribution is 14.1. The van der Waals surface area contributed by atoms with Crippen molar-refractivity contribution in [2.45, 2.75) is 32.6 Å². The van der Waals surface area contributed by atoms with Gasteiger partial charge >= 0.3 is 0 Å². The Bertz CT molecular complexity index is 222. The van der Waals surface area contributed by atoms with Gasteiger partial charge in [0, 0.05) is 12.5 Å². The van der Waals surface area contributed by atoms with Crippen molar-refractivity contribution in [2.75, 3.05) is 4.43 Å². The van der Waals surface area contributed by atoms with E-state index in [1.807, 2.05) is 13.0 Å². The van der Waals surface area contributed by atoms with Gasteiger partial charge in [-0.2, -0.15) is 0 Å². The van der Waals surface area contributed by atoms with Crippen molar-refractivity contribution < 1.29 is 4.52 Å². The summed E-state index contributed by atoms with van der Waals surface area (Å²) in [6.07, 6.45) is 4.87. The van der Waals surface area contributed by atoms with E-state index >= 15 is 0 Å². The lowest BCUT2D eigenvalue weighted by Gasteiger charge is -1.93. The van der Waals surface area contributed by atoms with Crippen LogP contribution in [0.1, 0.15) is 30.7 Å². The van der Waals surface area contributed by atoms with Crippen LogP contribution in [0.3, 0.4) is 0 Å². The quantitative estimate of drug-likeness (QED) is 0.470. The van der Waals surface area contributed by atoms with Gasteiger partial charge in [0.25, 0.3) is 0 Å². The molecule has 0 atom stereocenters. The van der Waals surface area contributed by atoms with E-state index in [1.54, 1.807) is 0 Å². The molecule has 0 radical (unpaired) electrons. The third kappa shape index (κ3) is 3.56. The first-order valence-electron chi connectivity index (χ1n) is 4.31. The van der Waals surface area contributed by atoms with Crippen LogP contribution in [-0.4, -0.2) is 9.58 Å². The molecule has 3 heteroatoms. The van der Waals surface area contributed by atoms with E-state index in [2.05, 4.69) is 27.7 Å². The Morgan fingerprint density at radius 1 is 1.42 bits per heavy atom. The molecule has 0 saturated heterocycles. The second-order valence-corrected chi connectivity index (χ2v) is 4.01. The fourth-order valence-corrected chi connectivity index (χ4v) is 1.64. The summed E-state index contributed by atoms with van der Waals surface area (Å²) < 4.78 is 6.35. The monoisotopic (exact) mass is 279 g/mol. The van der Waals surface area contributed by atoms with E-state index in [0.717, 1.165) is 17.9 Å². The summed E-state index contributed by atoms with van der Waals surface area (Å²) in [5.74, 6) is 1.03. The van der Waals surface area contributed by atoms with Gasteiger partial charge in [0.1, 0.15) is 5.76 Å². The third-order valence-corrected chi connectivity index (χ3v) is 2.50. The van der Waals surface area contributed by atoms with Crippen molar-refractivity contribution in [2.24, 2.45) is 0 Å². The van der Waals surface area contributed by atoms with Crippen molar-refractivity contribution in [3.8, 4) is 0 Å². The summed E-state index contributed by atoms with van der Waals surface area (Å²) in [5.41, 5.74) is 0.985. The molecule has 2 nitrogen and oxygen atoms in total. The summed E-state index contributed by atoms with van der Waals surface area (Å²) >= 11 is 2.41. The van der Waals surface area contributed by atoms with E-state index in [4.69, 9.17) is 4.52 Å². The van der Waals surface area contributed by atoms with E-state index in [9.17, 15) is 0 Å². The SMILES string of the molecule is Cc1cc(CCCCCI)on1. The number of nitrogens with zero attached hydrogens (tertiary/aromatic N) is 1. The maximum absolute atomic E-state index is 5.09. The molecule has 0 aliphatic carbocycles. The zero-order valence-corrected chi connectivity index (χ0v) is 9.50. The molecule has 0 aliphatic rings. The highest BCUT2D eigenvalue weighted by atomic mass is 127. The minimum Gasteiger partial charge on any atom is -0.361 e. The number of alkyl halides is 1. The second kappa shape index (κ2) is 5.56. The molecule has 0 unspecified atom stereocenters. The molecule has 1 rings (SSSR count). The van der Waals surface area contributed by atoms with Gasteiger partial charge in [0.15, 0.2) is 0 Å². The normalized spacial score (nSPS) is 10.5. The van der Waals surface area contributed by atoms with Crippen LogP contribution in [0.25, 0.3) is 0 Å². The molecule has 68 valence electrons. The van der Waals surface area contributed by atoms with Crippen LogP contribution in [0.5, 0.6) is 0 Å². The molecule has 1 aromatic rings. The Labute approximate surface area is 86.8 Å². The average Bonchev–Trinajstić information content (AvgIpc) is 2.45. The molecule has 0 aromatic carbocycles. The molecule has 0 N–H and O–H groups in total. The van der Waals surface area contributed by atoms with Gasteiger partial charge in [-0.1, -0.05) is 34.2 Å². The Hall–Kier alpha value is -0.0600. The molecular weight excluding hydrogens is 265 g/mol. The van der Waals surface area contributed by atoms with Crippen LogP contribution in [0, 0.1) is 6.92 Å². The minimum atomic E-state index is 0.985. The Kier molecular flexibility index (Phi) is 4.65. The number of unbranched alkanes of at least 4 members (excludes halogenated alkanes) is 2. The van der Waals surface area contributed by atoms with Crippen molar-refractivity contribution >= 4 is 22.6 Å². The maximum Gasteiger partial charge on any atom is 0.136 e. The highest BCUT2D eigenvalue weighted by Crippen LogP contribution is 2.08. The molecule has 0 spiro atoms. The number of rotatable bonds is 5. The lowest BCUT2D eigenvalue weighted by Crippen LogP contribution is -1.83. The smallest absolute Gasteiger partial charge is 0.136 e. The third-order valence-electron chi connectivity index (χ3n) is 1.73. The summed E-state index contributed by atoms with van der Waals surface area (Å²) in [4.78, 5) is 0. The van der Waals surface area contributed by atoms with Crippen LogP contribution in [0.2, 0.25) is 0 Å². The van der Waals surface area contributed by atoms with Gasteiger partial charge in [0.05, 0.1) is 5.69 Å². The Morgan fingerprint density at radius 3 is 2.83 bits per heavy atom. The van der Waals surface area contributed by atoms with Crippen molar-refractivity contribution in [3.05, 3.63) is 17.5 Å². The fraction of sp³-hybridized carbons (Fsp3) is 0.667. The zero-order chi connectivity index (χ0) is 8.81. The number of aromatic nitrogens is 1. The summed E-state index contributed by atoms with van der Waals surface area (Å²) in [7, 11) is 0. The molecule has 0 fully saturated rings. The highest BCUT2D eigenvalue weighted by Gasteiger charge is 1.99. The molecule has 1 heterocycles. The largest absolute Gasteiger partial charge is 0.361 e. The first-order valence-corrected chi connectivity index (χ1v) is 5.83. The van der Waals surface area contributed by atoms with Crippen LogP contribution < -0.4 is 0 Å². The van der Waals surface area contributed by atoms with E-state index in [1.165, 1.54) is 23.7 Å². The van der Waals surface area contributed by atoms with Crippen LogP contribution in [0.4, 0.5) is 0 Å². The zero-order valence-electron chi connectivity index (χ0n) is 7.35. The number of hydrogen-bond acceptors (Lipinski definition) is 2. The second-order valence-electron chi connectivity index (χ2n) is 2.93. The van der Waals surface area contributed by atoms with Crippen molar-refractivity contribution in [1.29, 1.82) is 0 Å². The summed E-state index contributed by atoms with van der Waals surface area (Å²) in [6.45, 7) is 1.96. The standard InChI is InChI=1S/C9H14INO/c1-8-7-9(12-11-8)5-3-2-4-6-10/h7H,2-6H2,1H3. The minimum absolute atomic E-state index is 0.985. The van der Waals surface area contributed by atoms with Gasteiger partial charge < -0.3 is 4.52 Å². The Morgan fingerprint density at radius 2 is 2.25 bits per heavy atom. The van der Waals surface area contributed by atoms with Crippen LogP contribution in [0.15, 0.2) is 10.6 Å². The number of halogens is 1. The topological polar surface area (TPSA) is 26.0 Å². The van der Waals surface area contributed by atoms with Crippen LogP contribution >= 0.6 is 22.6 Å². The first-order chi connectivity index (χ1) is 5.83. The van der Waals surface area contributed by atoms with E-state index in [-0.39, 0.29) is 0 Å². The molecular formula is C9H14INO. The number of hydrogen-bond donors (Lipinski definition) is 0. The van der Waals surface area contributed by atoms with Gasteiger partial charge in [-0.15, -0.1) is 0 Å². The van der Waals surface area contributed by atoms with Crippen LogP contribution in [-0.2, 0) is 6.42 Å². The van der Waals surface area contributed by atoms with Gasteiger partial charge in [-0.05, 0) is 24.2 Å². The number of aryl methyl sites for hydroxylation is 2. The lowest BCUT2D eigenvalue weighted by atomic mass is 10.2. The molecule has 0 saturated carbocycles. The molecule has 1 aromatic heterocycles. The van der Waals surface area contributed by atoms with E-state index < -0.39 is 0 Å². The summed E-state index contributed by atoms with van der Waals surface area (Å²) in [6, 6.07) is 2.02. The summed E-state index contributed by atoms with van der Waals surface area (Å²) in [5, 5.41) is 3.84. The molecule has 0 amide bonds.